The number of rotatable bonds is 1. The highest BCUT2D eigenvalue weighted by molar-refractivity contribution is 5.70. The Kier molecular flexibility index (Phi) is 2.84. The van der Waals surface area contributed by atoms with Crippen LogP contribution in [0.4, 0.5) is 4.79 Å². The molecular formula is C9H12N2O2. The summed E-state index contributed by atoms with van der Waals surface area (Å²) in [5.41, 5.74) is 0.913. The second kappa shape index (κ2) is 3.89. The third kappa shape index (κ3) is 1.96. The van der Waals surface area contributed by atoms with E-state index < -0.39 is 6.09 Å². The van der Waals surface area contributed by atoms with Crippen molar-refractivity contribution in [2.45, 2.75) is 13.8 Å². The van der Waals surface area contributed by atoms with Crippen LogP contribution in [0.5, 0.6) is 0 Å². The fourth-order valence-corrected chi connectivity index (χ4v) is 0.962. The van der Waals surface area contributed by atoms with Gasteiger partial charge in [-0.2, -0.15) is 0 Å². The maximum atomic E-state index is 11.2. The van der Waals surface area contributed by atoms with E-state index >= 15 is 0 Å². The standard InChI is InChI=1S/C9H12N2O2/c1-3-13-9(12)11-6-4-5-7(2)8(11)10/h4-6,10H,3H2,1-2H3. The molecule has 0 saturated heterocycles. The molecule has 0 unspecified atom stereocenters. The van der Waals surface area contributed by atoms with E-state index in [-0.39, 0.29) is 5.49 Å². The molecule has 1 aromatic heterocycles. The first kappa shape index (κ1) is 9.51. The van der Waals surface area contributed by atoms with Crippen LogP contribution in [0, 0.1) is 12.3 Å². The highest BCUT2D eigenvalue weighted by Crippen LogP contribution is 1.90. The lowest BCUT2D eigenvalue weighted by molar-refractivity contribution is 0.152. The van der Waals surface area contributed by atoms with Crippen molar-refractivity contribution in [1.29, 1.82) is 5.41 Å². The van der Waals surface area contributed by atoms with E-state index in [1.54, 1.807) is 26.0 Å². The minimum Gasteiger partial charge on any atom is -0.449 e. The minimum atomic E-state index is -0.504. The lowest BCUT2D eigenvalue weighted by Crippen LogP contribution is -2.28. The van der Waals surface area contributed by atoms with E-state index in [1.165, 1.54) is 10.8 Å². The van der Waals surface area contributed by atoms with Crippen molar-refractivity contribution >= 4 is 6.09 Å². The van der Waals surface area contributed by atoms with Gasteiger partial charge in [-0.15, -0.1) is 0 Å². The van der Waals surface area contributed by atoms with Crippen LogP contribution >= 0.6 is 0 Å². The molecule has 1 rings (SSSR count). The average molecular weight is 180 g/mol. The van der Waals surface area contributed by atoms with Crippen molar-refractivity contribution in [1.82, 2.24) is 4.57 Å². The molecule has 0 bridgehead atoms. The van der Waals surface area contributed by atoms with Gasteiger partial charge >= 0.3 is 6.09 Å². The Hall–Kier alpha value is -1.58. The van der Waals surface area contributed by atoms with Crippen LogP contribution < -0.4 is 5.49 Å². The molecule has 0 atom stereocenters. The van der Waals surface area contributed by atoms with Gasteiger partial charge < -0.3 is 4.74 Å². The third-order valence-electron chi connectivity index (χ3n) is 1.66. The number of carbonyl (C=O) groups excluding carboxylic acids is 1. The second-order valence-corrected chi connectivity index (χ2v) is 2.61. The summed E-state index contributed by atoms with van der Waals surface area (Å²) in [6.07, 6.45) is 1.02. The summed E-state index contributed by atoms with van der Waals surface area (Å²) in [5, 5.41) is 7.57. The number of carbonyl (C=O) groups is 1. The predicted octanol–water partition coefficient (Wildman–Crippen LogP) is 1.28. The highest BCUT2D eigenvalue weighted by Gasteiger charge is 2.04. The maximum Gasteiger partial charge on any atom is 0.419 e. The molecule has 0 aliphatic heterocycles. The number of hydrogen-bond donors (Lipinski definition) is 1. The Morgan fingerprint density at radius 3 is 3.00 bits per heavy atom. The van der Waals surface area contributed by atoms with Crippen LogP contribution in [-0.2, 0) is 4.74 Å². The molecular weight excluding hydrogens is 168 g/mol. The number of nitrogens with zero attached hydrogens (tertiary/aromatic N) is 1. The van der Waals surface area contributed by atoms with Crippen molar-refractivity contribution in [2.75, 3.05) is 6.61 Å². The molecule has 13 heavy (non-hydrogen) atoms. The molecule has 4 heteroatoms. The minimum absolute atomic E-state index is 0.168. The van der Waals surface area contributed by atoms with Crippen molar-refractivity contribution in [2.24, 2.45) is 0 Å². The number of aromatic nitrogens is 1. The first-order valence-corrected chi connectivity index (χ1v) is 4.06. The molecule has 0 fully saturated rings. The molecule has 1 N–H and O–H groups in total. The molecule has 0 radical (unpaired) electrons. The fourth-order valence-electron chi connectivity index (χ4n) is 0.962. The largest absolute Gasteiger partial charge is 0.449 e. The van der Waals surface area contributed by atoms with E-state index in [2.05, 4.69) is 0 Å². The van der Waals surface area contributed by atoms with Crippen LogP contribution in [0.25, 0.3) is 0 Å². The van der Waals surface area contributed by atoms with Crippen molar-refractivity contribution in [3.8, 4) is 0 Å². The summed E-state index contributed by atoms with van der Waals surface area (Å²) >= 11 is 0. The SMILES string of the molecule is CCOC(=O)n1cccc(C)c1=N. The highest BCUT2D eigenvalue weighted by atomic mass is 16.5. The predicted molar refractivity (Wildman–Crippen MR) is 47.4 cm³/mol. The van der Waals surface area contributed by atoms with Crippen molar-refractivity contribution in [3.05, 3.63) is 29.4 Å². The molecule has 0 amide bonds. The summed E-state index contributed by atoms with van der Waals surface area (Å²) in [7, 11) is 0. The van der Waals surface area contributed by atoms with E-state index in [4.69, 9.17) is 10.1 Å². The third-order valence-corrected chi connectivity index (χ3v) is 1.66. The number of nitrogens with one attached hydrogen (secondary N) is 1. The molecule has 70 valence electrons. The summed E-state index contributed by atoms with van der Waals surface area (Å²) in [5.74, 6) is 0. The molecule has 0 aliphatic rings. The molecule has 0 aromatic carbocycles. The Bertz CT molecular complexity index is 368. The van der Waals surface area contributed by atoms with Gasteiger partial charge in [0.25, 0.3) is 0 Å². The zero-order chi connectivity index (χ0) is 9.84. The first-order valence-electron chi connectivity index (χ1n) is 4.06. The van der Waals surface area contributed by atoms with E-state index in [0.29, 0.717) is 6.61 Å². The van der Waals surface area contributed by atoms with Gasteiger partial charge in [-0.1, -0.05) is 6.07 Å². The van der Waals surface area contributed by atoms with E-state index in [1.807, 2.05) is 0 Å². The van der Waals surface area contributed by atoms with Gasteiger partial charge in [-0.25, -0.2) is 9.36 Å². The number of hydrogen-bond acceptors (Lipinski definition) is 3. The van der Waals surface area contributed by atoms with Crippen molar-refractivity contribution in [3.63, 3.8) is 0 Å². The van der Waals surface area contributed by atoms with Crippen LogP contribution in [0.3, 0.4) is 0 Å². The number of pyridine rings is 1. The molecule has 1 aromatic rings. The smallest absolute Gasteiger partial charge is 0.419 e. The fraction of sp³-hybridized carbons (Fsp3) is 0.333. The maximum absolute atomic E-state index is 11.2. The van der Waals surface area contributed by atoms with Gasteiger partial charge in [0.05, 0.1) is 6.61 Å². The molecule has 1 heterocycles. The Morgan fingerprint density at radius 2 is 2.38 bits per heavy atom. The summed E-state index contributed by atoms with van der Waals surface area (Å²) in [4.78, 5) is 11.2. The zero-order valence-corrected chi connectivity index (χ0v) is 7.70. The van der Waals surface area contributed by atoms with Crippen LogP contribution in [0.1, 0.15) is 12.5 Å². The van der Waals surface area contributed by atoms with Gasteiger partial charge in [0.2, 0.25) is 0 Å². The Morgan fingerprint density at radius 1 is 1.69 bits per heavy atom. The summed E-state index contributed by atoms with van der Waals surface area (Å²) < 4.78 is 5.95. The van der Waals surface area contributed by atoms with Gasteiger partial charge in [-0.3, -0.25) is 5.41 Å². The molecule has 4 nitrogen and oxygen atoms in total. The molecule has 0 aliphatic carbocycles. The lowest BCUT2D eigenvalue weighted by Gasteiger charge is -2.05. The topological polar surface area (TPSA) is 55.1 Å². The van der Waals surface area contributed by atoms with Gasteiger partial charge in [-0.05, 0) is 25.5 Å². The van der Waals surface area contributed by atoms with Crippen LogP contribution in [-0.4, -0.2) is 17.3 Å². The lowest BCUT2D eigenvalue weighted by atomic mass is 10.3. The summed E-state index contributed by atoms with van der Waals surface area (Å²) in [6, 6.07) is 3.49. The molecule has 0 spiro atoms. The van der Waals surface area contributed by atoms with Crippen LogP contribution in [0.2, 0.25) is 0 Å². The molecule has 0 saturated carbocycles. The van der Waals surface area contributed by atoms with Gasteiger partial charge in [0, 0.05) is 6.20 Å². The quantitative estimate of drug-likeness (QED) is 0.707. The summed E-state index contributed by atoms with van der Waals surface area (Å²) in [6.45, 7) is 3.83. The monoisotopic (exact) mass is 180 g/mol. The Labute approximate surface area is 76.3 Å². The normalized spacial score (nSPS) is 9.69. The van der Waals surface area contributed by atoms with Gasteiger partial charge in [0.1, 0.15) is 5.49 Å². The van der Waals surface area contributed by atoms with E-state index in [0.717, 1.165) is 5.56 Å². The average Bonchev–Trinajstić information content (AvgIpc) is 2.10. The first-order chi connectivity index (χ1) is 6.16. The zero-order valence-electron chi connectivity index (χ0n) is 7.70. The van der Waals surface area contributed by atoms with Crippen molar-refractivity contribution < 1.29 is 9.53 Å². The number of aryl methyl sites for hydroxylation is 1. The number of ether oxygens (including phenoxy) is 1. The van der Waals surface area contributed by atoms with E-state index in [9.17, 15) is 4.79 Å². The van der Waals surface area contributed by atoms with Gasteiger partial charge in [0.15, 0.2) is 0 Å². The second-order valence-electron chi connectivity index (χ2n) is 2.61. The Balaban J connectivity index is 3.08. The van der Waals surface area contributed by atoms with Crippen LogP contribution in [0.15, 0.2) is 18.3 Å².